The lowest BCUT2D eigenvalue weighted by Crippen LogP contribution is -2.74. The summed E-state index contributed by atoms with van der Waals surface area (Å²) in [5.41, 5.74) is 0.593. The van der Waals surface area contributed by atoms with Crippen molar-refractivity contribution in [2.45, 2.75) is 30.8 Å². The van der Waals surface area contributed by atoms with Crippen LogP contribution in [0.4, 0.5) is 0 Å². The number of carbonyl (C=O) groups excluding carboxylic acids is 3. The second kappa shape index (κ2) is 7.43. The molecule has 1 saturated heterocycles. The van der Waals surface area contributed by atoms with Crippen LogP contribution in [0.2, 0.25) is 0 Å². The Morgan fingerprint density at radius 2 is 2.24 bits per heavy atom. The Kier molecular flexibility index (Phi) is 5.45. The molecular weight excluding hydrogens is 383 g/mol. The first kappa shape index (κ1) is 18.3. The Bertz CT molecular complexity index is 740. The summed E-state index contributed by atoms with van der Waals surface area (Å²) in [7, 11) is 5.01. The minimum Gasteiger partial charge on any atom is -0.542 e. The van der Waals surface area contributed by atoms with Crippen LogP contribution >= 0.6 is 34.7 Å². The van der Waals surface area contributed by atoms with E-state index in [2.05, 4.69) is 9.97 Å². The van der Waals surface area contributed by atoms with E-state index in [0.29, 0.717) is 5.57 Å². The molecule has 1 N–H and O–H groups in total. The first-order valence-electron chi connectivity index (χ1n) is 7.44. The molecule has 2 aliphatic rings. The van der Waals surface area contributed by atoms with Crippen molar-refractivity contribution in [3.05, 3.63) is 32.9 Å². The van der Waals surface area contributed by atoms with E-state index in [1.807, 2.05) is 24.4 Å². The number of fused-ring (bicyclic) bond motifs is 1. The van der Waals surface area contributed by atoms with Gasteiger partial charge in [-0.05, 0) is 28.8 Å². The van der Waals surface area contributed by atoms with Crippen molar-refractivity contribution < 1.29 is 19.0 Å². The maximum absolute atomic E-state index is 12.5. The van der Waals surface area contributed by atoms with Gasteiger partial charge in [-0.15, -0.1) is 34.7 Å². The van der Waals surface area contributed by atoms with Gasteiger partial charge < -0.3 is 14.9 Å². The summed E-state index contributed by atoms with van der Waals surface area (Å²) in [4.78, 5) is 39.9. The summed E-state index contributed by atoms with van der Waals surface area (Å²) in [5, 5.41) is 4.26. The topological polar surface area (TPSA) is 75.7 Å². The number of hydrogen-bond donors (Lipinski definition) is 1. The van der Waals surface area contributed by atoms with Crippen LogP contribution in [0.1, 0.15) is 11.8 Å². The van der Waals surface area contributed by atoms with Crippen LogP contribution in [0.5, 0.6) is 0 Å². The van der Waals surface area contributed by atoms with E-state index in [4.69, 9.17) is 19.7 Å². The molecule has 25 heavy (non-hydrogen) atoms. The second-order valence-corrected chi connectivity index (χ2v) is 8.24. The number of nitrogens with zero attached hydrogens (tertiary/aromatic N) is 1. The number of halogens is 1. The monoisotopic (exact) mass is 396 g/mol. The van der Waals surface area contributed by atoms with Crippen LogP contribution in [0, 0.1) is 0 Å². The third kappa shape index (κ3) is 3.32. The molecule has 0 spiro atoms. The van der Waals surface area contributed by atoms with Gasteiger partial charge in [0.2, 0.25) is 11.8 Å². The maximum atomic E-state index is 12.5. The number of allylic oxidation sites excluding steroid dienone is 1. The van der Waals surface area contributed by atoms with Gasteiger partial charge in [0.05, 0.1) is 6.42 Å². The molecule has 1 unspecified atom stereocenters. The second-order valence-electron chi connectivity index (χ2n) is 5.61. The number of hydrogen-bond acceptors (Lipinski definition) is 6. The van der Waals surface area contributed by atoms with E-state index < -0.39 is 18.1 Å². The van der Waals surface area contributed by atoms with E-state index in [0.717, 1.165) is 9.78 Å². The molecule has 3 heterocycles. The van der Waals surface area contributed by atoms with E-state index in [9.17, 15) is 14.4 Å². The molecule has 2 amide bonds. The predicted molar refractivity (Wildman–Crippen MR) is 97.2 cm³/mol. The lowest BCUT2D eigenvalue weighted by Gasteiger charge is -2.52. The molecule has 6 nitrogen and oxygen atoms in total. The van der Waals surface area contributed by atoms with Gasteiger partial charge in [0.1, 0.15) is 11.4 Å². The van der Waals surface area contributed by atoms with Crippen LogP contribution in [0.3, 0.4) is 0 Å². The zero-order valence-electron chi connectivity index (χ0n) is 13.2. The Hall–Kier alpha value is -1.45. The van der Waals surface area contributed by atoms with E-state index in [1.165, 1.54) is 28.0 Å². The number of amides is 2. The van der Waals surface area contributed by atoms with Crippen molar-refractivity contribution in [1.82, 2.24) is 10.2 Å². The van der Waals surface area contributed by atoms with Crippen LogP contribution in [0.15, 0.2) is 28.0 Å². The van der Waals surface area contributed by atoms with Crippen molar-refractivity contribution in [2.24, 2.45) is 0 Å². The summed E-state index contributed by atoms with van der Waals surface area (Å²) in [5.74, 6) is -1.23. The average molecular weight is 397 g/mol. The molecule has 1 aromatic rings. The highest BCUT2D eigenvalue weighted by atomic mass is 35.5. The number of nitrogens with one attached hydrogen (secondary N) is 1. The standard InChI is InChI=1S/C15H14BClN2O4S2/c1-7-9(6-17)12(15(22)23-16)19-13(21)11(14(19)25-7)18-10(20)5-8-3-2-4-24-8/h2-4,11-12,14H,5-6H2,1H3,(H,18,20)/t11-,12?,14-/m1/s1. The van der Waals surface area contributed by atoms with Crippen LogP contribution in [0.25, 0.3) is 0 Å². The summed E-state index contributed by atoms with van der Waals surface area (Å²) in [6.07, 6.45) is 0.217. The molecule has 0 aromatic carbocycles. The van der Waals surface area contributed by atoms with Gasteiger partial charge in [-0.25, -0.2) is 0 Å². The van der Waals surface area contributed by atoms with Crippen LogP contribution < -0.4 is 5.32 Å². The van der Waals surface area contributed by atoms with E-state index >= 15 is 0 Å². The zero-order valence-corrected chi connectivity index (χ0v) is 15.6. The van der Waals surface area contributed by atoms with E-state index in [-0.39, 0.29) is 29.5 Å². The van der Waals surface area contributed by atoms with Crippen LogP contribution in [-0.4, -0.2) is 54.1 Å². The van der Waals surface area contributed by atoms with E-state index in [1.54, 1.807) is 0 Å². The zero-order chi connectivity index (χ0) is 18.1. The predicted octanol–water partition coefficient (Wildman–Crippen LogP) is 1.20. The highest BCUT2D eigenvalue weighted by molar-refractivity contribution is 8.03. The van der Waals surface area contributed by atoms with Crippen LogP contribution in [-0.2, 0) is 25.5 Å². The highest BCUT2D eigenvalue weighted by Crippen LogP contribution is 2.44. The summed E-state index contributed by atoms with van der Waals surface area (Å²) >= 11 is 8.81. The lowest BCUT2D eigenvalue weighted by molar-refractivity contribution is -0.158. The summed E-state index contributed by atoms with van der Waals surface area (Å²) in [6, 6.07) is 2.11. The summed E-state index contributed by atoms with van der Waals surface area (Å²) < 4.78 is 4.34. The normalized spacial score (nSPS) is 25.3. The number of thioether (sulfide) groups is 1. The molecule has 1 fully saturated rings. The fourth-order valence-electron chi connectivity index (χ4n) is 2.92. The molecule has 2 aliphatic heterocycles. The van der Waals surface area contributed by atoms with Gasteiger partial charge >= 0.3 is 14.0 Å². The lowest BCUT2D eigenvalue weighted by atomic mass is 9.97. The van der Waals surface area contributed by atoms with Gasteiger partial charge in [0, 0.05) is 10.8 Å². The molecule has 0 saturated carbocycles. The molecule has 2 radical (unpaired) electrons. The minimum atomic E-state index is -0.938. The van der Waals surface area contributed by atoms with Crippen molar-refractivity contribution in [3.63, 3.8) is 0 Å². The molecule has 3 rings (SSSR count). The maximum Gasteiger partial charge on any atom is 0.378 e. The smallest absolute Gasteiger partial charge is 0.378 e. The molecule has 10 heteroatoms. The third-order valence-corrected chi connectivity index (χ3v) is 6.67. The highest BCUT2D eigenvalue weighted by Gasteiger charge is 2.56. The quantitative estimate of drug-likeness (QED) is 0.460. The Morgan fingerprint density at radius 1 is 1.48 bits per heavy atom. The largest absolute Gasteiger partial charge is 0.542 e. The molecule has 130 valence electrons. The average Bonchev–Trinajstić information content (AvgIpc) is 3.10. The van der Waals surface area contributed by atoms with Crippen molar-refractivity contribution in [1.29, 1.82) is 0 Å². The third-order valence-electron chi connectivity index (χ3n) is 4.15. The van der Waals surface area contributed by atoms with Crippen molar-refractivity contribution in [3.8, 4) is 0 Å². The summed E-state index contributed by atoms with van der Waals surface area (Å²) in [6.45, 7) is 1.82. The number of thiophene rings is 1. The Morgan fingerprint density at radius 3 is 2.84 bits per heavy atom. The first-order chi connectivity index (χ1) is 12.0. The van der Waals surface area contributed by atoms with Crippen molar-refractivity contribution in [2.75, 3.05) is 5.88 Å². The SMILES string of the molecule is [B]OC(=O)C1C(CCl)=C(C)S[C@@H]2[C@H](NC(=O)Cc3cccs3)C(=O)N12. The number of rotatable bonds is 5. The molecule has 0 bridgehead atoms. The fraction of sp³-hybridized carbons (Fsp3) is 0.400. The number of carbonyl (C=O) groups is 3. The van der Waals surface area contributed by atoms with Crippen molar-refractivity contribution >= 4 is 60.5 Å². The number of β-lactam (4-membered cyclic amide) rings is 1. The van der Waals surface area contributed by atoms with Gasteiger partial charge in [0.15, 0.2) is 6.04 Å². The molecule has 0 aliphatic carbocycles. The number of alkyl halides is 1. The molecular formula is C15H14BClN2O4S2. The molecule has 3 atom stereocenters. The Balaban J connectivity index is 1.75. The van der Waals surface area contributed by atoms with Gasteiger partial charge in [-0.2, -0.15) is 0 Å². The molecule has 1 aromatic heterocycles. The Labute approximate surface area is 159 Å². The van der Waals surface area contributed by atoms with Gasteiger partial charge in [0.25, 0.3) is 0 Å². The fourth-order valence-corrected chi connectivity index (χ4v) is 5.41. The minimum absolute atomic E-state index is 0.0878. The van der Waals surface area contributed by atoms with Gasteiger partial charge in [-0.3, -0.25) is 14.4 Å². The first-order valence-corrected chi connectivity index (χ1v) is 9.74. The van der Waals surface area contributed by atoms with Gasteiger partial charge in [-0.1, -0.05) is 6.07 Å².